The van der Waals surface area contributed by atoms with Gasteiger partial charge in [-0.25, -0.2) is 0 Å². The van der Waals surface area contributed by atoms with E-state index < -0.39 is 5.91 Å². The van der Waals surface area contributed by atoms with Crippen LogP contribution in [0.4, 0.5) is 5.69 Å². The molecule has 5 nitrogen and oxygen atoms in total. The van der Waals surface area contributed by atoms with Crippen molar-refractivity contribution in [2.75, 3.05) is 12.8 Å². The van der Waals surface area contributed by atoms with Gasteiger partial charge in [0.05, 0.1) is 17.7 Å². The fourth-order valence-corrected chi connectivity index (χ4v) is 2.14. The average Bonchev–Trinajstić information content (AvgIpc) is 2.42. The van der Waals surface area contributed by atoms with Crippen molar-refractivity contribution in [1.82, 2.24) is 0 Å². The summed E-state index contributed by atoms with van der Waals surface area (Å²) in [5, 5.41) is 0.200. The second-order valence-corrected chi connectivity index (χ2v) is 4.91. The van der Waals surface area contributed by atoms with E-state index in [0.29, 0.717) is 17.2 Å². The van der Waals surface area contributed by atoms with Crippen molar-refractivity contribution in [2.24, 2.45) is 5.73 Å². The number of nitrogens with two attached hydrogens (primary N) is 2. The molecule has 0 radical (unpaired) electrons. The Balaban J connectivity index is 2.51. The van der Waals surface area contributed by atoms with Crippen molar-refractivity contribution in [2.45, 2.75) is 6.92 Å². The number of halogens is 1. The molecule has 0 atom stereocenters. The molecule has 0 spiro atoms. The molecule has 0 unspecified atom stereocenters. The molecule has 21 heavy (non-hydrogen) atoms. The average molecular weight is 307 g/mol. The van der Waals surface area contributed by atoms with E-state index in [2.05, 4.69) is 0 Å². The lowest BCUT2D eigenvalue weighted by molar-refractivity contribution is 0.0998. The molecule has 110 valence electrons. The van der Waals surface area contributed by atoms with Gasteiger partial charge in [-0.2, -0.15) is 0 Å². The van der Waals surface area contributed by atoms with Crippen LogP contribution >= 0.6 is 11.6 Å². The standard InChI is InChI=1S/C15H15ClN2O3/c1-8-3-4-12(13(5-8)20-2)21-14-10(15(18)19)6-9(17)7-11(14)16/h3-7H,17H2,1-2H3,(H2,18,19). The number of anilines is 1. The Morgan fingerprint density at radius 2 is 1.90 bits per heavy atom. The quantitative estimate of drug-likeness (QED) is 0.849. The Labute approximate surface area is 127 Å². The number of hydrogen-bond acceptors (Lipinski definition) is 4. The molecular formula is C15H15ClN2O3. The van der Waals surface area contributed by atoms with Crippen molar-refractivity contribution in [3.05, 3.63) is 46.5 Å². The number of amides is 1. The Bertz CT molecular complexity index is 702. The van der Waals surface area contributed by atoms with E-state index in [1.165, 1.54) is 19.2 Å². The van der Waals surface area contributed by atoms with Crippen LogP contribution in [0.25, 0.3) is 0 Å². The van der Waals surface area contributed by atoms with Gasteiger partial charge in [0.15, 0.2) is 17.2 Å². The number of carbonyl (C=O) groups excluding carboxylic acids is 1. The van der Waals surface area contributed by atoms with Crippen molar-refractivity contribution >= 4 is 23.2 Å². The van der Waals surface area contributed by atoms with Gasteiger partial charge in [0.1, 0.15) is 0 Å². The second kappa shape index (κ2) is 5.93. The minimum atomic E-state index is -0.676. The first-order chi connectivity index (χ1) is 9.92. The normalized spacial score (nSPS) is 10.2. The number of primary amides is 1. The third-order valence-corrected chi connectivity index (χ3v) is 3.14. The predicted octanol–water partition coefficient (Wildman–Crippen LogP) is 3.13. The molecule has 0 heterocycles. The van der Waals surface area contributed by atoms with Gasteiger partial charge in [0.2, 0.25) is 0 Å². The molecule has 6 heteroatoms. The van der Waals surface area contributed by atoms with Gasteiger partial charge in [-0.3, -0.25) is 4.79 Å². The van der Waals surface area contributed by atoms with Crippen LogP contribution in [0.5, 0.6) is 17.2 Å². The molecule has 0 aliphatic carbocycles. The summed E-state index contributed by atoms with van der Waals surface area (Å²) >= 11 is 6.10. The maximum atomic E-state index is 11.5. The Kier molecular flexibility index (Phi) is 4.23. The highest BCUT2D eigenvalue weighted by atomic mass is 35.5. The number of nitrogen functional groups attached to an aromatic ring is 1. The second-order valence-electron chi connectivity index (χ2n) is 4.50. The van der Waals surface area contributed by atoms with Crippen molar-refractivity contribution in [1.29, 1.82) is 0 Å². The van der Waals surface area contributed by atoms with Crippen LogP contribution in [0.15, 0.2) is 30.3 Å². The van der Waals surface area contributed by atoms with Crippen molar-refractivity contribution in [3.8, 4) is 17.2 Å². The molecule has 2 rings (SSSR count). The van der Waals surface area contributed by atoms with E-state index >= 15 is 0 Å². The van der Waals surface area contributed by atoms with Crippen LogP contribution in [0.1, 0.15) is 15.9 Å². The van der Waals surface area contributed by atoms with Crippen LogP contribution in [0.3, 0.4) is 0 Å². The molecule has 0 aliphatic heterocycles. The van der Waals surface area contributed by atoms with Crippen molar-refractivity contribution in [3.63, 3.8) is 0 Å². The summed E-state index contributed by atoms with van der Waals surface area (Å²) in [6, 6.07) is 8.30. The third kappa shape index (κ3) is 3.20. The van der Waals surface area contributed by atoms with Crippen LogP contribution in [0.2, 0.25) is 5.02 Å². The fraction of sp³-hybridized carbons (Fsp3) is 0.133. The van der Waals surface area contributed by atoms with Crippen LogP contribution < -0.4 is 20.9 Å². The Morgan fingerprint density at radius 3 is 2.52 bits per heavy atom. The number of benzene rings is 2. The molecule has 0 aromatic heterocycles. The number of rotatable bonds is 4. The smallest absolute Gasteiger partial charge is 0.252 e. The summed E-state index contributed by atoms with van der Waals surface area (Å²) in [6.07, 6.45) is 0. The summed E-state index contributed by atoms with van der Waals surface area (Å²) in [5.41, 5.74) is 12.5. The predicted molar refractivity (Wildman–Crippen MR) is 82.2 cm³/mol. The lowest BCUT2D eigenvalue weighted by atomic mass is 10.1. The molecule has 0 saturated heterocycles. The van der Waals surface area contributed by atoms with E-state index in [9.17, 15) is 4.79 Å². The zero-order valence-corrected chi connectivity index (χ0v) is 12.4. The summed E-state index contributed by atoms with van der Waals surface area (Å²) in [7, 11) is 1.53. The molecule has 2 aromatic rings. The van der Waals surface area contributed by atoms with E-state index in [1.54, 1.807) is 6.07 Å². The van der Waals surface area contributed by atoms with Gasteiger partial charge in [-0.05, 0) is 36.8 Å². The number of hydrogen-bond donors (Lipinski definition) is 2. The molecule has 4 N–H and O–H groups in total. The fourth-order valence-electron chi connectivity index (χ4n) is 1.87. The van der Waals surface area contributed by atoms with Crippen LogP contribution in [-0.2, 0) is 0 Å². The van der Waals surface area contributed by atoms with Gasteiger partial charge < -0.3 is 20.9 Å². The molecule has 1 amide bonds. The molecular weight excluding hydrogens is 292 g/mol. The summed E-state index contributed by atoms with van der Waals surface area (Å²) in [4.78, 5) is 11.5. The number of methoxy groups -OCH3 is 1. The van der Waals surface area contributed by atoms with E-state index in [-0.39, 0.29) is 16.3 Å². The van der Waals surface area contributed by atoms with Gasteiger partial charge in [0.25, 0.3) is 5.91 Å². The molecule has 2 aromatic carbocycles. The van der Waals surface area contributed by atoms with Crippen LogP contribution in [-0.4, -0.2) is 13.0 Å². The minimum absolute atomic E-state index is 0.114. The van der Waals surface area contributed by atoms with E-state index in [1.807, 2.05) is 19.1 Å². The highest BCUT2D eigenvalue weighted by Crippen LogP contribution is 2.38. The maximum Gasteiger partial charge on any atom is 0.252 e. The first-order valence-electron chi connectivity index (χ1n) is 6.13. The zero-order valence-electron chi connectivity index (χ0n) is 11.6. The largest absolute Gasteiger partial charge is 0.493 e. The van der Waals surface area contributed by atoms with Crippen LogP contribution in [0, 0.1) is 6.92 Å². The number of aryl methyl sites for hydroxylation is 1. The highest BCUT2D eigenvalue weighted by molar-refractivity contribution is 6.33. The monoisotopic (exact) mass is 306 g/mol. The molecule has 0 aliphatic rings. The third-order valence-electron chi connectivity index (χ3n) is 2.86. The summed E-state index contributed by atoms with van der Waals surface area (Å²) < 4.78 is 11.0. The molecule has 0 saturated carbocycles. The van der Waals surface area contributed by atoms with Gasteiger partial charge in [0, 0.05) is 5.69 Å². The lowest BCUT2D eigenvalue weighted by Crippen LogP contribution is -2.13. The van der Waals surface area contributed by atoms with Gasteiger partial charge >= 0.3 is 0 Å². The van der Waals surface area contributed by atoms with Gasteiger partial charge in [-0.15, -0.1) is 0 Å². The minimum Gasteiger partial charge on any atom is -0.493 e. The maximum absolute atomic E-state index is 11.5. The SMILES string of the molecule is COc1cc(C)ccc1Oc1c(Cl)cc(N)cc1C(N)=O. The van der Waals surface area contributed by atoms with Crippen molar-refractivity contribution < 1.29 is 14.3 Å². The number of carbonyl (C=O) groups is 1. The summed E-state index contributed by atoms with van der Waals surface area (Å²) in [5.74, 6) is 0.432. The molecule has 0 bridgehead atoms. The zero-order chi connectivity index (χ0) is 15.6. The van der Waals surface area contributed by atoms with E-state index in [0.717, 1.165) is 5.56 Å². The Morgan fingerprint density at radius 1 is 1.19 bits per heavy atom. The van der Waals surface area contributed by atoms with Gasteiger partial charge in [-0.1, -0.05) is 17.7 Å². The lowest BCUT2D eigenvalue weighted by Gasteiger charge is -2.14. The summed E-state index contributed by atoms with van der Waals surface area (Å²) in [6.45, 7) is 1.93. The first kappa shape index (κ1) is 15.0. The first-order valence-corrected chi connectivity index (χ1v) is 6.51. The number of ether oxygens (including phenoxy) is 2. The molecule has 0 fully saturated rings. The topological polar surface area (TPSA) is 87.6 Å². The van der Waals surface area contributed by atoms with E-state index in [4.69, 9.17) is 32.5 Å². The highest BCUT2D eigenvalue weighted by Gasteiger charge is 2.17. The Hall–Kier alpha value is -2.40.